The fourth-order valence-corrected chi connectivity index (χ4v) is 5.47. The molecule has 1 heterocycles. The topological polar surface area (TPSA) is 49.9 Å². The van der Waals surface area contributed by atoms with E-state index in [1.54, 1.807) is 25.7 Å². The molecule has 1 aromatic carbocycles. The molecule has 0 radical (unpaired) electrons. The van der Waals surface area contributed by atoms with E-state index < -0.39 is 35.9 Å². The van der Waals surface area contributed by atoms with Crippen LogP contribution in [0.2, 0.25) is 0 Å². The van der Waals surface area contributed by atoms with E-state index in [1.165, 1.54) is 0 Å². The van der Waals surface area contributed by atoms with Gasteiger partial charge in [0.05, 0.1) is 0 Å². The number of carbonyl (C=O) groups excluding carboxylic acids is 2. The molecule has 3 aliphatic rings. The van der Waals surface area contributed by atoms with Gasteiger partial charge < -0.3 is 14.5 Å². The van der Waals surface area contributed by atoms with Crippen molar-refractivity contribution in [1.29, 1.82) is 0 Å². The van der Waals surface area contributed by atoms with E-state index in [0.29, 0.717) is 32.4 Å². The Morgan fingerprint density at radius 2 is 1.76 bits per heavy atom. The molecule has 8 heteroatoms. The fourth-order valence-electron chi connectivity index (χ4n) is 5.47. The average molecular weight is 479 g/mol. The molecule has 4 rings (SSSR count). The maximum Gasteiger partial charge on any atom is 0.471 e. The molecule has 1 saturated heterocycles. The summed E-state index contributed by atoms with van der Waals surface area (Å²) in [5, 5.41) is 0. The van der Waals surface area contributed by atoms with Gasteiger partial charge in [0.1, 0.15) is 5.60 Å². The van der Waals surface area contributed by atoms with Crippen LogP contribution >= 0.6 is 0 Å². The molecule has 0 aromatic heterocycles. The van der Waals surface area contributed by atoms with Gasteiger partial charge in [-0.05, 0) is 52.0 Å². The summed E-state index contributed by atoms with van der Waals surface area (Å²) in [6.07, 6.45) is -0.999. The zero-order chi connectivity index (χ0) is 24.9. The second-order valence-corrected chi connectivity index (χ2v) is 11.0. The van der Waals surface area contributed by atoms with Crippen molar-refractivity contribution in [3.8, 4) is 0 Å². The van der Waals surface area contributed by atoms with E-state index in [-0.39, 0.29) is 11.3 Å². The largest absolute Gasteiger partial charge is 0.471 e. The molecular formula is C26H33F3N2O3. The highest BCUT2D eigenvalue weighted by molar-refractivity contribution is 5.83. The minimum atomic E-state index is -4.90. The zero-order valence-corrected chi connectivity index (χ0v) is 20.2. The minimum Gasteiger partial charge on any atom is -0.444 e. The van der Waals surface area contributed by atoms with Crippen molar-refractivity contribution in [2.24, 2.45) is 11.3 Å². The molecular weight excluding hydrogens is 445 g/mol. The minimum absolute atomic E-state index is 0.0484. The van der Waals surface area contributed by atoms with Crippen LogP contribution in [-0.2, 0) is 9.53 Å². The highest BCUT2D eigenvalue weighted by Crippen LogP contribution is 2.55. The van der Waals surface area contributed by atoms with Crippen LogP contribution in [0.4, 0.5) is 18.0 Å². The second kappa shape index (κ2) is 8.61. The van der Waals surface area contributed by atoms with Gasteiger partial charge in [-0.2, -0.15) is 13.2 Å². The summed E-state index contributed by atoms with van der Waals surface area (Å²) in [4.78, 5) is 27.4. The van der Waals surface area contributed by atoms with Gasteiger partial charge in [-0.3, -0.25) is 4.79 Å². The molecule has 0 N–H and O–H groups in total. The summed E-state index contributed by atoms with van der Waals surface area (Å²) in [5.41, 5.74) is 1.29. The third kappa shape index (κ3) is 5.10. The van der Waals surface area contributed by atoms with Crippen molar-refractivity contribution in [3.63, 3.8) is 0 Å². The first-order valence-corrected chi connectivity index (χ1v) is 11.9. The molecule has 1 spiro atoms. The highest BCUT2D eigenvalue weighted by atomic mass is 19.4. The molecule has 186 valence electrons. The van der Waals surface area contributed by atoms with Gasteiger partial charge in [0.15, 0.2) is 0 Å². The van der Waals surface area contributed by atoms with Gasteiger partial charge in [-0.25, -0.2) is 4.79 Å². The number of amides is 2. The summed E-state index contributed by atoms with van der Waals surface area (Å²) in [6.45, 7) is 8.32. The first kappa shape index (κ1) is 24.6. The molecule has 2 saturated carbocycles. The number of alkyl halides is 3. The molecule has 2 amide bonds. The normalized spacial score (nSPS) is 24.3. The maximum atomic E-state index is 13.5. The molecule has 2 atom stereocenters. The van der Waals surface area contributed by atoms with Crippen LogP contribution in [0.5, 0.6) is 0 Å². The third-order valence-corrected chi connectivity index (χ3v) is 7.06. The predicted molar refractivity (Wildman–Crippen MR) is 123 cm³/mol. The Morgan fingerprint density at radius 1 is 1.15 bits per heavy atom. The quantitative estimate of drug-likeness (QED) is 0.549. The fraction of sp³-hybridized carbons (Fsp3) is 0.615. The zero-order valence-electron chi connectivity index (χ0n) is 20.2. The summed E-state index contributed by atoms with van der Waals surface area (Å²) in [7, 11) is 0. The molecule has 3 fully saturated rings. The van der Waals surface area contributed by atoms with Crippen molar-refractivity contribution < 1.29 is 27.5 Å². The lowest BCUT2D eigenvalue weighted by Crippen LogP contribution is -2.69. The van der Waals surface area contributed by atoms with E-state index in [4.69, 9.17) is 4.74 Å². The number of likely N-dealkylation sites (tertiary alicyclic amines) is 1. The lowest BCUT2D eigenvalue weighted by atomic mass is 9.60. The molecule has 5 nitrogen and oxygen atoms in total. The van der Waals surface area contributed by atoms with Crippen LogP contribution in [0.15, 0.2) is 35.9 Å². The number of nitrogens with zero attached hydrogens (tertiary/aromatic N) is 2. The van der Waals surface area contributed by atoms with Crippen LogP contribution in [0.3, 0.4) is 0 Å². The lowest BCUT2D eigenvalue weighted by molar-refractivity contribution is -0.197. The van der Waals surface area contributed by atoms with E-state index in [0.717, 1.165) is 22.5 Å². The average Bonchev–Trinajstić information content (AvgIpc) is 3.45. The Labute approximate surface area is 198 Å². The highest BCUT2D eigenvalue weighted by Gasteiger charge is 2.62. The van der Waals surface area contributed by atoms with Gasteiger partial charge in [0.25, 0.3) is 0 Å². The van der Waals surface area contributed by atoms with Gasteiger partial charge in [-0.15, -0.1) is 0 Å². The molecule has 1 aromatic rings. The number of benzene rings is 1. The first-order valence-electron chi connectivity index (χ1n) is 11.9. The third-order valence-electron chi connectivity index (χ3n) is 7.06. The van der Waals surface area contributed by atoms with Crippen LogP contribution < -0.4 is 0 Å². The number of ether oxygens (including phenoxy) is 1. The number of hydrogen-bond acceptors (Lipinski definition) is 3. The van der Waals surface area contributed by atoms with Crippen molar-refractivity contribution >= 4 is 18.1 Å². The Morgan fingerprint density at radius 3 is 2.29 bits per heavy atom. The van der Waals surface area contributed by atoms with Crippen molar-refractivity contribution in [1.82, 2.24) is 9.80 Å². The smallest absolute Gasteiger partial charge is 0.444 e. The van der Waals surface area contributed by atoms with Crippen LogP contribution in [0.25, 0.3) is 6.08 Å². The van der Waals surface area contributed by atoms with E-state index in [9.17, 15) is 22.8 Å². The van der Waals surface area contributed by atoms with E-state index in [1.807, 2.05) is 43.3 Å². The molecule has 1 unspecified atom stereocenters. The Hall–Kier alpha value is -2.51. The summed E-state index contributed by atoms with van der Waals surface area (Å²) in [6, 6.07) is 8.84. The number of rotatable bonds is 5. The number of halogens is 3. The second-order valence-electron chi connectivity index (χ2n) is 11.0. The lowest BCUT2D eigenvalue weighted by Gasteiger charge is -2.60. The summed E-state index contributed by atoms with van der Waals surface area (Å²) >= 11 is 0. The van der Waals surface area contributed by atoms with Gasteiger partial charge >= 0.3 is 18.2 Å². The predicted octanol–water partition coefficient (Wildman–Crippen LogP) is 5.66. The monoisotopic (exact) mass is 478 g/mol. The van der Waals surface area contributed by atoms with Crippen molar-refractivity contribution in [2.75, 3.05) is 13.1 Å². The van der Waals surface area contributed by atoms with Gasteiger partial charge in [0, 0.05) is 36.5 Å². The van der Waals surface area contributed by atoms with Crippen LogP contribution in [0, 0.1) is 11.3 Å². The summed E-state index contributed by atoms with van der Waals surface area (Å²) in [5.74, 6) is -1.79. The van der Waals surface area contributed by atoms with Crippen molar-refractivity contribution in [3.05, 3.63) is 41.5 Å². The Kier molecular flexibility index (Phi) is 6.23. The van der Waals surface area contributed by atoms with Gasteiger partial charge in [-0.1, -0.05) is 48.9 Å². The Bertz CT molecular complexity index is 954. The Balaban J connectivity index is 1.42. The van der Waals surface area contributed by atoms with Gasteiger partial charge in [0.2, 0.25) is 0 Å². The molecule has 34 heavy (non-hydrogen) atoms. The van der Waals surface area contributed by atoms with Crippen molar-refractivity contribution in [2.45, 2.75) is 77.2 Å². The van der Waals surface area contributed by atoms with E-state index in [2.05, 4.69) is 0 Å². The number of hydrogen-bond donors (Lipinski definition) is 0. The molecule has 2 aliphatic carbocycles. The molecule has 0 bridgehead atoms. The number of carbonyl (C=O) groups is 2. The first-order chi connectivity index (χ1) is 15.8. The van der Waals surface area contributed by atoms with Crippen LogP contribution in [0.1, 0.15) is 58.9 Å². The van der Waals surface area contributed by atoms with Crippen LogP contribution in [-0.4, -0.2) is 58.8 Å². The standard InChI is InChI=1S/C26H33F3N2O3/c1-5-18(11-17-9-7-6-8-10-17)20-12-21(20)31(22(32)26(27,28)29)19-13-25(14-19)15-30(16-25)23(33)34-24(2,3)4/h6-11,19-21H,5,12-16H2,1-4H3/t20?,21-/m0/s1. The molecule has 1 aliphatic heterocycles. The summed E-state index contributed by atoms with van der Waals surface area (Å²) < 4.78 is 45.9. The SMILES string of the molecule is CCC(=Cc1ccccc1)C1C[C@@H]1N(C(=O)C(F)(F)F)C1CC2(C1)CN(C(=O)OC(C)(C)C)C2. The van der Waals surface area contributed by atoms with E-state index >= 15 is 0 Å². The maximum absolute atomic E-state index is 13.5.